The van der Waals surface area contributed by atoms with E-state index in [2.05, 4.69) is 5.32 Å². The lowest BCUT2D eigenvalue weighted by atomic mass is 10.1. The Morgan fingerprint density at radius 2 is 1.89 bits per heavy atom. The Morgan fingerprint density at radius 3 is 2.56 bits per heavy atom. The van der Waals surface area contributed by atoms with Crippen molar-refractivity contribution in [3.05, 3.63) is 65.2 Å². The molecule has 0 aliphatic carbocycles. The second kappa shape index (κ2) is 10.3. The maximum Gasteiger partial charge on any atom is 0.322 e. The number of carboxylic acid groups (broad SMARTS) is 1. The quantitative estimate of drug-likeness (QED) is 0.628. The van der Waals surface area contributed by atoms with Gasteiger partial charge in [0.1, 0.15) is 6.54 Å². The highest BCUT2D eigenvalue weighted by atomic mass is 16.5. The molecule has 0 heterocycles. The van der Waals surface area contributed by atoms with Gasteiger partial charge >= 0.3 is 5.97 Å². The van der Waals surface area contributed by atoms with Crippen LogP contribution in [0.25, 0.3) is 0 Å². The van der Waals surface area contributed by atoms with Gasteiger partial charge in [0.05, 0.1) is 0 Å². The van der Waals surface area contributed by atoms with Crippen molar-refractivity contribution in [3.8, 4) is 0 Å². The van der Waals surface area contributed by atoms with Crippen molar-refractivity contribution in [1.29, 1.82) is 0 Å². The Kier molecular flexibility index (Phi) is 7.82. The molecule has 2 N–H and O–H groups in total. The number of nitrogens with one attached hydrogen (secondary N) is 1. The molecule has 0 aliphatic rings. The molecule has 0 radical (unpaired) electrons. The van der Waals surface area contributed by atoms with Gasteiger partial charge < -0.3 is 20.1 Å². The Morgan fingerprint density at radius 1 is 1.15 bits per heavy atom. The van der Waals surface area contributed by atoms with Crippen LogP contribution in [0.15, 0.2) is 48.5 Å². The molecule has 0 atom stereocenters. The Labute approximate surface area is 159 Å². The molecule has 6 heteroatoms. The SMILES string of the molecule is COCCCN(Cc1ccc(C)cc1)C(=O)c1cccc(NCC(=O)O)c1. The number of rotatable bonds is 10. The van der Waals surface area contributed by atoms with E-state index in [9.17, 15) is 9.59 Å². The average Bonchev–Trinajstić information content (AvgIpc) is 2.67. The number of benzene rings is 2. The number of carboxylic acids is 1. The van der Waals surface area contributed by atoms with Crippen LogP contribution in [0, 0.1) is 6.92 Å². The molecule has 1 amide bonds. The van der Waals surface area contributed by atoms with Gasteiger partial charge in [-0.3, -0.25) is 9.59 Å². The normalized spacial score (nSPS) is 10.4. The van der Waals surface area contributed by atoms with E-state index >= 15 is 0 Å². The van der Waals surface area contributed by atoms with Gasteiger partial charge in [-0.05, 0) is 37.1 Å². The molecule has 2 aromatic carbocycles. The molecule has 27 heavy (non-hydrogen) atoms. The molecule has 2 rings (SSSR count). The van der Waals surface area contributed by atoms with Gasteiger partial charge in [-0.15, -0.1) is 0 Å². The van der Waals surface area contributed by atoms with Crippen molar-refractivity contribution >= 4 is 17.6 Å². The average molecular weight is 370 g/mol. The Bertz CT molecular complexity index is 759. The first-order chi connectivity index (χ1) is 13.0. The molecule has 6 nitrogen and oxygen atoms in total. The lowest BCUT2D eigenvalue weighted by molar-refractivity contribution is -0.134. The molecule has 0 spiro atoms. The summed E-state index contributed by atoms with van der Waals surface area (Å²) in [4.78, 5) is 25.6. The third-order valence-electron chi connectivity index (χ3n) is 4.11. The number of carbonyl (C=O) groups is 2. The summed E-state index contributed by atoms with van der Waals surface area (Å²) >= 11 is 0. The zero-order valence-electron chi connectivity index (χ0n) is 15.8. The van der Waals surface area contributed by atoms with Crippen LogP contribution in [0.4, 0.5) is 5.69 Å². The van der Waals surface area contributed by atoms with E-state index in [-0.39, 0.29) is 12.5 Å². The highest BCUT2D eigenvalue weighted by molar-refractivity contribution is 5.95. The fourth-order valence-corrected chi connectivity index (χ4v) is 2.69. The highest BCUT2D eigenvalue weighted by Crippen LogP contribution is 2.15. The molecule has 0 aliphatic heterocycles. The smallest absolute Gasteiger partial charge is 0.322 e. The van der Waals surface area contributed by atoms with Gasteiger partial charge in [0.25, 0.3) is 5.91 Å². The van der Waals surface area contributed by atoms with E-state index < -0.39 is 5.97 Å². The van der Waals surface area contributed by atoms with Crippen molar-refractivity contribution in [2.24, 2.45) is 0 Å². The maximum atomic E-state index is 13.0. The van der Waals surface area contributed by atoms with Crippen LogP contribution in [-0.2, 0) is 16.1 Å². The minimum absolute atomic E-state index is 0.0920. The summed E-state index contributed by atoms with van der Waals surface area (Å²) in [5.74, 6) is -1.04. The monoisotopic (exact) mass is 370 g/mol. The van der Waals surface area contributed by atoms with Gasteiger partial charge in [-0.2, -0.15) is 0 Å². The zero-order chi connectivity index (χ0) is 19.6. The first-order valence-corrected chi connectivity index (χ1v) is 8.89. The molecule has 144 valence electrons. The standard InChI is InChI=1S/C21H26N2O4/c1-16-7-9-17(10-8-16)15-23(11-4-12-27-2)21(26)18-5-3-6-19(13-18)22-14-20(24)25/h3,5-10,13,22H,4,11-12,14-15H2,1-2H3,(H,24,25). The Balaban J connectivity index is 2.15. The molecule has 0 fully saturated rings. The van der Waals surface area contributed by atoms with Crippen LogP contribution in [0.5, 0.6) is 0 Å². The van der Waals surface area contributed by atoms with Crippen LogP contribution in [-0.4, -0.2) is 48.7 Å². The van der Waals surface area contributed by atoms with Gasteiger partial charge in [0.2, 0.25) is 0 Å². The van der Waals surface area contributed by atoms with Crippen molar-refractivity contribution in [2.75, 3.05) is 32.1 Å². The van der Waals surface area contributed by atoms with Crippen molar-refractivity contribution in [1.82, 2.24) is 4.90 Å². The van der Waals surface area contributed by atoms with E-state index in [1.807, 2.05) is 31.2 Å². The van der Waals surface area contributed by atoms with Crippen LogP contribution in [0.3, 0.4) is 0 Å². The lowest BCUT2D eigenvalue weighted by Crippen LogP contribution is -2.32. The number of hydrogen-bond acceptors (Lipinski definition) is 4. The van der Waals surface area contributed by atoms with Crippen LogP contribution < -0.4 is 5.32 Å². The molecule has 2 aromatic rings. The fraction of sp³-hybridized carbons (Fsp3) is 0.333. The largest absolute Gasteiger partial charge is 0.480 e. The molecule has 0 aromatic heterocycles. The number of aryl methyl sites for hydroxylation is 1. The van der Waals surface area contributed by atoms with Crippen LogP contribution in [0.1, 0.15) is 27.9 Å². The number of carbonyl (C=O) groups excluding carboxylic acids is 1. The summed E-state index contributed by atoms with van der Waals surface area (Å²) < 4.78 is 5.11. The summed E-state index contributed by atoms with van der Waals surface area (Å²) in [5, 5.41) is 11.6. The topological polar surface area (TPSA) is 78.9 Å². The number of methoxy groups -OCH3 is 1. The van der Waals surface area contributed by atoms with E-state index in [0.717, 1.165) is 12.0 Å². The summed E-state index contributed by atoms with van der Waals surface area (Å²) in [6.45, 7) is 3.50. The highest BCUT2D eigenvalue weighted by Gasteiger charge is 2.16. The summed E-state index contributed by atoms with van der Waals surface area (Å²) in [5.41, 5.74) is 3.37. The number of amides is 1. The van der Waals surface area contributed by atoms with Crippen LogP contribution in [0.2, 0.25) is 0 Å². The van der Waals surface area contributed by atoms with Crippen LogP contribution >= 0.6 is 0 Å². The molecular formula is C21H26N2O4. The van der Waals surface area contributed by atoms with E-state index in [1.165, 1.54) is 5.56 Å². The predicted molar refractivity (Wildman–Crippen MR) is 105 cm³/mol. The van der Waals surface area contributed by atoms with Gasteiger partial charge in [-0.25, -0.2) is 0 Å². The number of hydrogen-bond donors (Lipinski definition) is 2. The predicted octanol–water partition coefficient (Wildman–Crippen LogP) is 3.17. The molecule has 0 bridgehead atoms. The number of nitrogens with zero attached hydrogens (tertiary/aromatic N) is 1. The van der Waals surface area contributed by atoms with E-state index in [4.69, 9.17) is 9.84 Å². The summed E-state index contributed by atoms with van der Waals surface area (Å²) in [6, 6.07) is 15.0. The first kappa shape index (κ1) is 20.5. The van der Waals surface area contributed by atoms with Crippen molar-refractivity contribution < 1.29 is 19.4 Å². The van der Waals surface area contributed by atoms with E-state index in [1.54, 1.807) is 36.3 Å². The molecule has 0 saturated heterocycles. The second-order valence-corrected chi connectivity index (χ2v) is 6.39. The fourth-order valence-electron chi connectivity index (χ4n) is 2.69. The Hall–Kier alpha value is -2.86. The second-order valence-electron chi connectivity index (χ2n) is 6.39. The minimum atomic E-state index is -0.952. The number of aliphatic carboxylic acids is 1. The third kappa shape index (κ3) is 6.75. The third-order valence-corrected chi connectivity index (χ3v) is 4.11. The molecular weight excluding hydrogens is 344 g/mol. The number of ether oxygens (including phenoxy) is 1. The first-order valence-electron chi connectivity index (χ1n) is 8.89. The minimum Gasteiger partial charge on any atom is -0.480 e. The summed E-state index contributed by atoms with van der Waals surface area (Å²) in [6.07, 6.45) is 0.741. The summed E-state index contributed by atoms with van der Waals surface area (Å²) in [7, 11) is 1.64. The van der Waals surface area contributed by atoms with E-state index in [0.29, 0.717) is 30.9 Å². The van der Waals surface area contributed by atoms with Gasteiger partial charge in [-0.1, -0.05) is 35.9 Å². The lowest BCUT2D eigenvalue weighted by Gasteiger charge is -2.23. The molecule has 0 saturated carbocycles. The zero-order valence-corrected chi connectivity index (χ0v) is 15.8. The molecule has 0 unspecified atom stereocenters. The maximum absolute atomic E-state index is 13.0. The van der Waals surface area contributed by atoms with Gasteiger partial charge in [0, 0.05) is 38.1 Å². The van der Waals surface area contributed by atoms with Gasteiger partial charge in [0.15, 0.2) is 0 Å². The van der Waals surface area contributed by atoms with Crippen molar-refractivity contribution in [2.45, 2.75) is 19.9 Å². The van der Waals surface area contributed by atoms with Crippen molar-refractivity contribution in [3.63, 3.8) is 0 Å². The number of anilines is 1.